The minimum atomic E-state index is -0.471. The Kier molecular flexibility index (Phi) is 6.22. The number of likely N-dealkylation sites (N-methyl/N-ethyl adjacent to an activating group) is 1. The fraction of sp³-hybridized carbons (Fsp3) is 0.500. The third-order valence-corrected chi connectivity index (χ3v) is 3.57. The molecule has 1 N–H and O–H groups in total. The van der Waals surface area contributed by atoms with Crippen molar-refractivity contribution >= 4 is 17.7 Å². The molecule has 0 saturated heterocycles. The molecule has 100 valence electrons. The van der Waals surface area contributed by atoms with Gasteiger partial charge in [0, 0.05) is 19.3 Å². The Morgan fingerprint density at radius 1 is 1.39 bits per heavy atom. The van der Waals surface area contributed by atoms with Crippen LogP contribution >= 0.6 is 11.8 Å². The molecule has 3 nitrogen and oxygen atoms in total. The van der Waals surface area contributed by atoms with Crippen LogP contribution in [0.3, 0.4) is 0 Å². The predicted molar refractivity (Wildman–Crippen MR) is 76.7 cm³/mol. The Balaban J connectivity index is 2.29. The van der Waals surface area contributed by atoms with Crippen LogP contribution in [0.5, 0.6) is 0 Å². The third kappa shape index (κ3) is 5.56. The molecule has 1 unspecified atom stereocenters. The molecule has 0 aliphatic heterocycles. The second kappa shape index (κ2) is 7.44. The molecule has 0 aliphatic carbocycles. The molecule has 1 atom stereocenters. The monoisotopic (exact) mass is 267 g/mol. The first kappa shape index (κ1) is 15.1. The normalized spacial score (nSPS) is 12.2. The zero-order valence-electron chi connectivity index (χ0n) is 11.2. The van der Waals surface area contributed by atoms with Crippen molar-refractivity contribution in [2.75, 3.05) is 19.3 Å². The number of hydrogen-bond acceptors (Lipinski definition) is 3. The number of benzene rings is 1. The third-order valence-electron chi connectivity index (χ3n) is 2.58. The molecule has 0 heterocycles. The van der Waals surface area contributed by atoms with E-state index in [1.165, 1.54) is 11.1 Å². The lowest BCUT2D eigenvalue weighted by atomic mass is 10.2. The van der Waals surface area contributed by atoms with Gasteiger partial charge in [0.1, 0.15) is 0 Å². The van der Waals surface area contributed by atoms with Gasteiger partial charge in [-0.05, 0) is 19.4 Å². The first-order valence-electron chi connectivity index (χ1n) is 6.04. The van der Waals surface area contributed by atoms with Crippen LogP contribution in [0.1, 0.15) is 18.1 Å². The molecule has 0 aliphatic rings. The summed E-state index contributed by atoms with van der Waals surface area (Å²) in [5.74, 6) is 1.36. The summed E-state index contributed by atoms with van der Waals surface area (Å²) < 4.78 is 0. The summed E-state index contributed by atoms with van der Waals surface area (Å²) in [4.78, 5) is 13.3. The van der Waals surface area contributed by atoms with Crippen LogP contribution in [0.2, 0.25) is 0 Å². The standard InChI is InChI=1S/C14H21NO2S/c1-11-4-6-13(7-5-11)9-18-10-14(17)15(3)8-12(2)16/h4-7,12,16H,8-10H2,1-3H3. The van der Waals surface area contributed by atoms with E-state index in [2.05, 4.69) is 31.2 Å². The molecule has 18 heavy (non-hydrogen) atoms. The second-order valence-electron chi connectivity index (χ2n) is 4.60. The molecular formula is C14H21NO2S. The Morgan fingerprint density at radius 3 is 2.56 bits per heavy atom. The zero-order chi connectivity index (χ0) is 13.5. The van der Waals surface area contributed by atoms with Crippen molar-refractivity contribution in [3.8, 4) is 0 Å². The summed E-state index contributed by atoms with van der Waals surface area (Å²) >= 11 is 1.60. The van der Waals surface area contributed by atoms with Crippen molar-refractivity contribution < 1.29 is 9.90 Å². The fourth-order valence-electron chi connectivity index (χ4n) is 1.55. The number of amides is 1. The number of hydrogen-bond donors (Lipinski definition) is 1. The summed E-state index contributed by atoms with van der Waals surface area (Å²) in [5.41, 5.74) is 2.48. The molecule has 1 rings (SSSR count). The Hall–Kier alpha value is -1.00. The smallest absolute Gasteiger partial charge is 0.232 e. The largest absolute Gasteiger partial charge is 0.392 e. The van der Waals surface area contributed by atoms with Gasteiger partial charge in [-0.3, -0.25) is 4.79 Å². The van der Waals surface area contributed by atoms with Crippen LogP contribution in [-0.2, 0) is 10.5 Å². The Labute approximate surface area is 113 Å². The number of carbonyl (C=O) groups excluding carboxylic acids is 1. The van der Waals surface area contributed by atoms with Crippen molar-refractivity contribution in [1.29, 1.82) is 0 Å². The maximum Gasteiger partial charge on any atom is 0.232 e. The van der Waals surface area contributed by atoms with Crippen molar-refractivity contribution in [2.45, 2.75) is 25.7 Å². The Bertz CT molecular complexity index is 376. The molecule has 4 heteroatoms. The summed E-state index contributed by atoms with van der Waals surface area (Å²) in [6, 6.07) is 8.34. The van der Waals surface area contributed by atoms with Gasteiger partial charge >= 0.3 is 0 Å². The first-order valence-corrected chi connectivity index (χ1v) is 7.20. The van der Waals surface area contributed by atoms with E-state index < -0.39 is 6.10 Å². The predicted octanol–water partition coefficient (Wildman–Crippen LogP) is 2.07. The number of nitrogens with zero attached hydrogens (tertiary/aromatic N) is 1. The van der Waals surface area contributed by atoms with E-state index in [4.69, 9.17) is 0 Å². The highest BCUT2D eigenvalue weighted by Crippen LogP contribution is 2.13. The molecule has 0 saturated carbocycles. The fourth-order valence-corrected chi connectivity index (χ4v) is 2.47. The average molecular weight is 267 g/mol. The second-order valence-corrected chi connectivity index (χ2v) is 5.59. The highest BCUT2D eigenvalue weighted by molar-refractivity contribution is 7.99. The quantitative estimate of drug-likeness (QED) is 0.858. The minimum absolute atomic E-state index is 0.0630. The summed E-state index contributed by atoms with van der Waals surface area (Å²) in [6.07, 6.45) is -0.471. The highest BCUT2D eigenvalue weighted by Gasteiger charge is 2.10. The van der Waals surface area contributed by atoms with Gasteiger partial charge in [0.2, 0.25) is 5.91 Å². The number of rotatable bonds is 6. The SMILES string of the molecule is Cc1ccc(CSCC(=O)N(C)CC(C)O)cc1. The molecule has 0 radical (unpaired) electrons. The molecular weight excluding hydrogens is 246 g/mol. The topological polar surface area (TPSA) is 40.5 Å². The van der Waals surface area contributed by atoms with E-state index in [-0.39, 0.29) is 5.91 Å². The average Bonchev–Trinajstić information content (AvgIpc) is 2.30. The number of carbonyl (C=O) groups is 1. The number of aliphatic hydroxyl groups excluding tert-OH is 1. The molecule has 0 spiro atoms. The van der Waals surface area contributed by atoms with Gasteiger partial charge in [0.15, 0.2) is 0 Å². The van der Waals surface area contributed by atoms with Crippen LogP contribution in [0.15, 0.2) is 24.3 Å². The van der Waals surface area contributed by atoms with E-state index in [0.717, 1.165) is 5.75 Å². The van der Waals surface area contributed by atoms with E-state index in [1.807, 2.05) is 0 Å². The van der Waals surface area contributed by atoms with Gasteiger partial charge < -0.3 is 10.0 Å². The Morgan fingerprint density at radius 2 is 2.00 bits per heavy atom. The molecule has 0 bridgehead atoms. The van der Waals surface area contributed by atoms with Crippen LogP contribution in [-0.4, -0.2) is 41.4 Å². The highest BCUT2D eigenvalue weighted by atomic mass is 32.2. The number of thioether (sulfide) groups is 1. The summed E-state index contributed by atoms with van der Waals surface area (Å²) in [5, 5.41) is 9.20. The van der Waals surface area contributed by atoms with Gasteiger partial charge in [-0.1, -0.05) is 29.8 Å². The maximum absolute atomic E-state index is 11.7. The van der Waals surface area contributed by atoms with Crippen molar-refractivity contribution in [2.24, 2.45) is 0 Å². The van der Waals surface area contributed by atoms with Crippen molar-refractivity contribution in [1.82, 2.24) is 4.90 Å². The molecule has 1 amide bonds. The lowest BCUT2D eigenvalue weighted by Crippen LogP contribution is -2.34. The maximum atomic E-state index is 11.7. The van der Waals surface area contributed by atoms with E-state index >= 15 is 0 Å². The number of aryl methyl sites for hydroxylation is 1. The first-order chi connectivity index (χ1) is 8.49. The molecule has 0 aromatic heterocycles. The van der Waals surface area contributed by atoms with Gasteiger partial charge in [0.05, 0.1) is 11.9 Å². The molecule has 1 aromatic carbocycles. The van der Waals surface area contributed by atoms with Crippen LogP contribution in [0.4, 0.5) is 0 Å². The van der Waals surface area contributed by atoms with Gasteiger partial charge in [-0.25, -0.2) is 0 Å². The van der Waals surface area contributed by atoms with Crippen LogP contribution in [0, 0.1) is 6.92 Å². The lowest BCUT2D eigenvalue weighted by Gasteiger charge is -2.18. The van der Waals surface area contributed by atoms with Crippen molar-refractivity contribution in [3.05, 3.63) is 35.4 Å². The molecule has 0 fully saturated rings. The molecule has 1 aromatic rings. The zero-order valence-corrected chi connectivity index (χ0v) is 12.0. The van der Waals surface area contributed by atoms with Crippen molar-refractivity contribution in [3.63, 3.8) is 0 Å². The lowest BCUT2D eigenvalue weighted by molar-refractivity contribution is -0.128. The summed E-state index contributed by atoms with van der Waals surface area (Å²) in [7, 11) is 1.72. The van der Waals surface area contributed by atoms with E-state index in [0.29, 0.717) is 12.3 Å². The number of aliphatic hydroxyl groups is 1. The van der Waals surface area contributed by atoms with Gasteiger partial charge in [-0.2, -0.15) is 0 Å². The van der Waals surface area contributed by atoms with Gasteiger partial charge in [-0.15, -0.1) is 11.8 Å². The van der Waals surface area contributed by atoms with E-state index in [1.54, 1.807) is 30.6 Å². The van der Waals surface area contributed by atoms with Crippen LogP contribution < -0.4 is 0 Å². The summed E-state index contributed by atoms with van der Waals surface area (Å²) in [6.45, 7) is 4.14. The van der Waals surface area contributed by atoms with Crippen LogP contribution in [0.25, 0.3) is 0 Å². The van der Waals surface area contributed by atoms with Gasteiger partial charge in [0.25, 0.3) is 0 Å². The minimum Gasteiger partial charge on any atom is -0.392 e. The van der Waals surface area contributed by atoms with E-state index in [9.17, 15) is 9.90 Å².